The van der Waals surface area contributed by atoms with Gasteiger partial charge in [-0.25, -0.2) is 0 Å². The summed E-state index contributed by atoms with van der Waals surface area (Å²) in [5, 5.41) is 0. The fourth-order valence-corrected chi connectivity index (χ4v) is 6.74. The molecule has 0 heterocycles. The van der Waals surface area contributed by atoms with E-state index in [2.05, 4.69) is 167 Å². The highest BCUT2D eigenvalue weighted by Gasteiger charge is 2.19. The molecule has 0 aromatic rings. The average Bonchev–Trinajstić information content (AvgIpc) is 3.37. The molecule has 1 atom stereocenters. The number of unbranched alkanes of at least 4 members (excludes halogenated alkanes) is 11. The number of carbonyl (C=O) groups excluding carboxylic acids is 3. The summed E-state index contributed by atoms with van der Waals surface area (Å²) in [7, 11) is 0. The number of rotatable bonds is 47. The van der Waals surface area contributed by atoms with Gasteiger partial charge in [0.2, 0.25) is 0 Å². The highest BCUT2D eigenvalue weighted by Crippen LogP contribution is 2.12. The van der Waals surface area contributed by atoms with Gasteiger partial charge < -0.3 is 14.2 Å². The molecule has 6 heteroatoms. The Hall–Kier alpha value is -5.23. The summed E-state index contributed by atoms with van der Waals surface area (Å²) < 4.78 is 16.8. The monoisotopic (exact) mass is 975 g/mol. The van der Waals surface area contributed by atoms with E-state index in [1.165, 1.54) is 0 Å². The molecular weight excluding hydrogens is 877 g/mol. The van der Waals surface area contributed by atoms with E-state index in [1.54, 1.807) is 0 Å². The van der Waals surface area contributed by atoms with Crippen LogP contribution in [0.2, 0.25) is 0 Å². The van der Waals surface area contributed by atoms with Gasteiger partial charge in [-0.05, 0) is 128 Å². The first-order chi connectivity index (χ1) is 35.0. The van der Waals surface area contributed by atoms with E-state index in [4.69, 9.17) is 14.2 Å². The van der Waals surface area contributed by atoms with Gasteiger partial charge in [-0.2, -0.15) is 0 Å². The maximum absolute atomic E-state index is 12.9. The van der Waals surface area contributed by atoms with Gasteiger partial charge >= 0.3 is 17.9 Å². The van der Waals surface area contributed by atoms with Gasteiger partial charge in [0, 0.05) is 19.3 Å². The standard InChI is InChI=1S/C65H98O6/c1-4-7-10-13-16-19-22-25-28-30-32-34-37-40-43-46-49-52-55-58-64(67)70-61-62(60-69-63(66)57-54-51-48-45-42-39-36-27-24-21-18-15-12-9-6-3)71-65(68)59-56-53-50-47-44-41-38-35-33-31-29-26-23-20-17-14-11-8-5-2/h7-12,15-21,24-29,32-36,40-41,43-44,62H,4-6,13-14,22-23,30-31,37-39,42,45-61H2,1-3H3/b10-7-,11-8-,12-9-,18-15-,19-16-,20-17-,24-21-,28-25-,29-26-,34-32-,35-33-,36-27-,43-40-,44-41-. The molecule has 0 amide bonds. The molecule has 0 aliphatic heterocycles. The number of hydrogen-bond acceptors (Lipinski definition) is 6. The number of carbonyl (C=O) groups is 3. The maximum Gasteiger partial charge on any atom is 0.306 e. The third kappa shape index (κ3) is 55.6. The van der Waals surface area contributed by atoms with E-state index in [-0.39, 0.29) is 37.5 Å². The van der Waals surface area contributed by atoms with Crippen LogP contribution in [0.4, 0.5) is 0 Å². The Kier molecular flexibility index (Phi) is 53.1. The first kappa shape index (κ1) is 65.8. The van der Waals surface area contributed by atoms with Gasteiger partial charge in [0.15, 0.2) is 6.10 Å². The van der Waals surface area contributed by atoms with Crippen molar-refractivity contribution < 1.29 is 28.6 Å². The lowest BCUT2D eigenvalue weighted by molar-refractivity contribution is -0.167. The molecule has 0 aromatic heterocycles. The van der Waals surface area contributed by atoms with Crippen LogP contribution in [0.25, 0.3) is 0 Å². The van der Waals surface area contributed by atoms with Crippen molar-refractivity contribution in [2.24, 2.45) is 0 Å². The van der Waals surface area contributed by atoms with Crippen LogP contribution in [-0.4, -0.2) is 37.2 Å². The van der Waals surface area contributed by atoms with Gasteiger partial charge in [0.25, 0.3) is 0 Å². The van der Waals surface area contributed by atoms with Crippen LogP contribution in [0.3, 0.4) is 0 Å². The van der Waals surface area contributed by atoms with Crippen molar-refractivity contribution in [2.75, 3.05) is 13.2 Å². The molecule has 0 saturated carbocycles. The Morgan fingerprint density at radius 1 is 0.296 bits per heavy atom. The molecule has 6 nitrogen and oxygen atoms in total. The number of esters is 3. The molecule has 0 spiro atoms. The second-order valence-electron chi connectivity index (χ2n) is 17.4. The minimum absolute atomic E-state index is 0.124. The predicted octanol–water partition coefficient (Wildman–Crippen LogP) is 18.8. The third-order valence-electron chi connectivity index (χ3n) is 10.8. The summed E-state index contributed by atoms with van der Waals surface area (Å²) in [5.74, 6) is -1.02. The van der Waals surface area contributed by atoms with Gasteiger partial charge in [-0.15, -0.1) is 0 Å². The lowest BCUT2D eigenvalue weighted by atomic mass is 10.1. The van der Waals surface area contributed by atoms with Crippen LogP contribution in [0.1, 0.15) is 201 Å². The SMILES string of the molecule is CC\C=C/C=C\C=C/C=C\CCCCCCCC(=O)OCC(COC(=O)CCCCC/C=C\C/C=C\C/C=C\C/C=C\C/C=C\CC)OC(=O)CCCCC/C=C\C/C=C\C/C=C\C/C=C\C/C=C\CC. The van der Waals surface area contributed by atoms with Crippen molar-refractivity contribution in [3.63, 3.8) is 0 Å². The smallest absolute Gasteiger partial charge is 0.306 e. The summed E-state index contributed by atoms with van der Waals surface area (Å²) in [5.41, 5.74) is 0. The minimum atomic E-state index is -0.830. The largest absolute Gasteiger partial charge is 0.462 e. The van der Waals surface area contributed by atoms with Crippen LogP contribution in [0.5, 0.6) is 0 Å². The molecule has 0 radical (unpaired) electrons. The molecule has 0 bridgehead atoms. The van der Waals surface area contributed by atoms with E-state index in [0.717, 1.165) is 154 Å². The second-order valence-corrected chi connectivity index (χ2v) is 17.4. The van der Waals surface area contributed by atoms with Crippen molar-refractivity contribution in [1.82, 2.24) is 0 Å². The maximum atomic E-state index is 12.9. The zero-order valence-corrected chi connectivity index (χ0v) is 44.9. The number of ether oxygens (including phenoxy) is 3. The van der Waals surface area contributed by atoms with Gasteiger partial charge in [-0.3, -0.25) is 14.4 Å². The fourth-order valence-electron chi connectivity index (χ4n) is 6.74. The Morgan fingerprint density at radius 2 is 0.577 bits per heavy atom. The van der Waals surface area contributed by atoms with E-state index in [9.17, 15) is 14.4 Å². The second kappa shape index (κ2) is 57.3. The fraction of sp³-hybridized carbons (Fsp3) is 0.523. The molecule has 0 aromatic carbocycles. The van der Waals surface area contributed by atoms with Crippen molar-refractivity contribution in [3.05, 3.63) is 170 Å². The minimum Gasteiger partial charge on any atom is -0.462 e. The van der Waals surface area contributed by atoms with Crippen LogP contribution < -0.4 is 0 Å². The Balaban J connectivity index is 4.60. The van der Waals surface area contributed by atoms with E-state index in [0.29, 0.717) is 19.3 Å². The molecule has 0 saturated heterocycles. The molecule has 0 aliphatic carbocycles. The molecule has 71 heavy (non-hydrogen) atoms. The lowest BCUT2D eigenvalue weighted by Crippen LogP contribution is -2.30. The molecule has 0 fully saturated rings. The zero-order valence-electron chi connectivity index (χ0n) is 44.9. The first-order valence-corrected chi connectivity index (χ1v) is 27.7. The summed E-state index contributed by atoms with van der Waals surface area (Å²) >= 11 is 0. The van der Waals surface area contributed by atoms with Crippen molar-refractivity contribution >= 4 is 17.9 Å². The highest BCUT2D eigenvalue weighted by atomic mass is 16.6. The van der Waals surface area contributed by atoms with Crippen molar-refractivity contribution in [2.45, 2.75) is 207 Å². The van der Waals surface area contributed by atoms with Crippen molar-refractivity contribution in [3.8, 4) is 0 Å². The molecular formula is C65H98O6. The topological polar surface area (TPSA) is 78.9 Å². The van der Waals surface area contributed by atoms with E-state index < -0.39 is 6.10 Å². The van der Waals surface area contributed by atoms with Gasteiger partial charge in [0.05, 0.1) is 0 Å². The summed E-state index contributed by atoms with van der Waals surface area (Å²) in [6.45, 7) is 6.17. The normalized spacial score (nSPS) is 13.5. The summed E-state index contributed by atoms with van der Waals surface area (Å²) in [6, 6.07) is 0. The van der Waals surface area contributed by atoms with Gasteiger partial charge in [-0.1, -0.05) is 223 Å². The van der Waals surface area contributed by atoms with E-state index >= 15 is 0 Å². The van der Waals surface area contributed by atoms with Crippen LogP contribution in [-0.2, 0) is 28.6 Å². The zero-order chi connectivity index (χ0) is 51.4. The highest BCUT2D eigenvalue weighted by molar-refractivity contribution is 5.71. The molecule has 394 valence electrons. The van der Waals surface area contributed by atoms with Gasteiger partial charge in [0.1, 0.15) is 13.2 Å². The van der Waals surface area contributed by atoms with Crippen LogP contribution in [0.15, 0.2) is 170 Å². The average molecular weight is 975 g/mol. The van der Waals surface area contributed by atoms with Crippen LogP contribution in [0, 0.1) is 0 Å². The molecule has 0 N–H and O–H groups in total. The Bertz CT molecular complexity index is 1690. The quantitative estimate of drug-likeness (QED) is 0.0199. The number of allylic oxidation sites excluding steroid dienone is 28. The number of hydrogen-bond donors (Lipinski definition) is 0. The molecule has 0 rings (SSSR count). The van der Waals surface area contributed by atoms with Crippen LogP contribution >= 0.6 is 0 Å². The predicted molar refractivity (Wildman–Crippen MR) is 306 cm³/mol. The van der Waals surface area contributed by atoms with Crippen molar-refractivity contribution in [1.29, 1.82) is 0 Å². The molecule has 1 unspecified atom stereocenters. The molecule has 0 aliphatic rings. The van der Waals surface area contributed by atoms with E-state index in [1.807, 2.05) is 24.3 Å². The Morgan fingerprint density at radius 3 is 0.972 bits per heavy atom. The lowest BCUT2D eigenvalue weighted by Gasteiger charge is -2.18. The summed E-state index contributed by atoms with van der Waals surface area (Å²) in [4.78, 5) is 38.1. The Labute approximate surface area is 434 Å². The first-order valence-electron chi connectivity index (χ1n) is 27.7. The summed E-state index contributed by atoms with van der Waals surface area (Å²) in [6.07, 6.45) is 84.8. The third-order valence-corrected chi connectivity index (χ3v) is 10.8.